The molecule has 0 fully saturated rings. The summed E-state index contributed by atoms with van der Waals surface area (Å²) in [5.41, 5.74) is 0.944. The minimum Gasteiger partial charge on any atom is -0.480 e. The van der Waals surface area contributed by atoms with Crippen LogP contribution in [-0.4, -0.2) is 38.1 Å². The molecule has 0 unspecified atom stereocenters. The summed E-state index contributed by atoms with van der Waals surface area (Å²) in [5, 5.41) is 20.1. The Balaban J connectivity index is 1.74. The Bertz CT molecular complexity index is 625. The van der Waals surface area contributed by atoms with Crippen molar-refractivity contribution in [2.75, 3.05) is 6.79 Å². The minimum atomic E-state index is -1.01. The van der Waals surface area contributed by atoms with Gasteiger partial charge in [0.05, 0.1) is 0 Å². The summed E-state index contributed by atoms with van der Waals surface area (Å²) in [4.78, 5) is 11.6. The highest BCUT2D eigenvalue weighted by molar-refractivity contribution is 5.66. The third kappa shape index (κ3) is 2.46. The average molecular weight is 262 g/mol. The summed E-state index contributed by atoms with van der Waals surface area (Å²) in [6.45, 7) is -0.0695. The van der Waals surface area contributed by atoms with Crippen LogP contribution in [0.5, 0.6) is 11.5 Å². The van der Waals surface area contributed by atoms with Crippen molar-refractivity contribution in [3.8, 4) is 11.5 Å². The molecule has 1 aliphatic heterocycles. The Kier molecular flexibility index (Phi) is 2.75. The van der Waals surface area contributed by atoms with E-state index in [0.29, 0.717) is 23.7 Å². The number of fused-ring (bicyclic) bond motifs is 1. The lowest BCUT2D eigenvalue weighted by Gasteiger charge is -1.99. The molecule has 0 saturated heterocycles. The number of tetrazole rings is 1. The van der Waals surface area contributed by atoms with Gasteiger partial charge in [-0.2, -0.15) is 4.80 Å². The molecule has 0 amide bonds. The van der Waals surface area contributed by atoms with Gasteiger partial charge in [-0.3, -0.25) is 4.79 Å². The smallest absolute Gasteiger partial charge is 0.327 e. The van der Waals surface area contributed by atoms with Crippen molar-refractivity contribution in [1.29, 1.82) is 0 Å². The molecule has 1 aromatic heterocycles. The summed E-state index contributed by atoms with van der Waals surface area (Å²) in [7, 11) is 0. The van der Waals surface area contributed by atoms with Crippen LogP contribution < -0.4 is 9.47 Å². The predicted octanol–water partition coefficient (Wildman–Crippen LogP) is 0.0772. The fraction of sp³-hybridized carbons (Fsp3) is 0.273. The van der Waals surface area contributed by atoms with Crippen molar-refractivity contribution in [3.05, 3.63) is 29.6 Å². The molecule has 0 saturated carbocycles. The number of ether oxygens (including phenoxy) is 2. The summed E-state index contributed by atoms with van der Waals surface area (Å²) in [5.74, 6) is 0.855. The number of benzene rings is 1. The van der Waals surface area contributed by atoms with Gasteiger partial charge in [-0.15, -0.1) is 10.2 Å². The highest BCUT2D eigenvalue weighted by Crippen LogP contribution is 2.32. The number of aliphatic carboxylic acids is 1. The van der Waals surface area contributed by atoms with Crippen molar-refractivity contribution in [3.63, 3.8) is 0 Å². The van der Waals surface area contributed by atoms with E-state index in [2.05, 4.69) is 15.4 Å². The second-order valence-electron chi connectivity index (χ2n) is 3.99. The molecule has 0 radical (unpaired) electrons. The van der Waals surface area contributed by atoms with Gasteiger partial charge < -0.3 is 14.6 Å². The molecule has 0 bridgehead atoms. The van der Waals surface area contributed by atoms with Crippen LogP contribution in [0.1, 0.15) is 11.4 Å². The Morgan fingerprint density at radius 3 is 3.05 bits per heavy atom. The number of carbonyl (C=O) groups is 1. The number of hydrogen-bond donors (Lipinski definition) is 1. The van der Waals surface area contributed by atoms with Crippen molar-refractivity contribution in [2.24, 2.45) is 0 Å². The average Bonchev–Trinajstić information content (AvgIpc) is 2.97. The van der Waals surface area contributed by atoms with Gasteiger partial charge in [0.25, 0.3) is 0 Å². The number of nitrogens with zero attached hydrogens (tertiary/aromatic N) is 4. The van der Waals surface area contributed by atoms with E-state index in [1.54, 1.807) is 0 Å². The Morgan fingerprint density at radius 2 is 2.21 bits per heavy atom. The van der Waals surface area contributed by atoms with Gasteiger partial charge in [-0.05, 0) is 22.9 Å². The fourth-order valence-corrected chi connectivity index (χ4v) is 1.77. The lowest BCUT2D eigenvalue weighted by Crippen LogP contribution is -2.11. The van der Waals surface area contributed by atoms with Crippen molar-refractivity contribution in [2.45, 2.75) is 13.0 Å². The topological polar surface area (TPSA) is 99.4 Å². The van der Waals surface area contributed by atoms with E-state index in [1.165, 1.54) is 0 Å². The molecule has 0 atom stereocenters. The standard InChI is InChI=1S/C11H10N4O4/c16-11(17)5-15-13-10(12-14-15)4-7-1-2-8-9(3-7)19-6-18-8/h1-3H,4-6H2,(H,16,17). The van der Waals surface area contributed by atoms with Crippen LogP contribution in [0.2, 0.25) is 0 Å². The predicted molar refractivity (Wildman–Crippen MR) is 60.8 cm³/mol. The fourth-order valence-electron chi connectivity index (χ4n) is 1.77. The number of hydrogen-bond acceptors (Lipinski definition) is 6. The molecule has 1 N–H and O–H groups in total. The molecule has 2 aromatic rings. The first-order valence-electron chi connectivity index (χ1n) is 5.58. The first kappa shape index (κ1) is 11.5. The van der Waals surface area contributed by atoms with E-state index in [4.69, 9.17) is 14.6 Å². The zero-order valence-corrected chi connectivity index (χ0v) is 9.81. The molecule has 2 heterocycles. The van der Waals surface area contributed by atoms with Crippen LogP contribution in [0.3, 0.4) is 0 Å². The van der Waals surface area contributed by atoms with Gasteiger partial charge in [0.1, 0.15) is 0 Å². The van der Waals surface area contributed by atoms with Crippen LogP contribution in [0.4, 0.5) is 0 Å². The third-order valence-electron chi connectivity index (χ3n) is 2.57. The molecule has 98 valence electrons. The number of rotatable bonds is 4. The molecule has 1 aliphatic rings. The second kappa shape index (κ2) is 4.56. The van der Waals surface area contributed by atoms with Crippen LogP contribution in [0, 0.1) is 0 Å². The maximum Gasteiger partial charge on any atom is 0.327 e. The van der Waals surface area contributed by atoms with Gasteiger partial charge in [-0.1, -0.05) is 6.07 Å². The minimum absolute atomic E-state index is 0.228. The van der Waals surface area contributed by atoms with E-state index in [1.807, 2.05) is 18.2 Å². The molecule has 8 nitrogen and oxygen atoms in total. The zero-order chi connectivity index (χ0) is 13.2. The maximum atomic E-state index is 10.5. The second-order valence-corrected chi connectivity index (χ2v) is 3.99. The quantitative estimate of drug-likeness (QED) is 0.832. The lowest BCUT2D eigenvalue weighted by atomic mass is 10.1. The SMILES string of the molecule is O=C(O)Cn1nnc(Cc2ccc3c(c2)OCO3)n1. The summed E-state index contributed by atoms with van der Waals surface area (Å²) >= 11 is 0. The largest absolute Gasteiger partial charge is 0.480 e. The first-order chi connectivity index (χ1) is 9.20. The Morgan fingerprint density at radius 1 is 1.37 bits per heavy atom. The molecule has 8 heteroatoms. The van der Waals surface area contributed by atoms with E-state index < -0.39 is 5.97 Å². The highest BCUT2D eigenvalue weighted by Gasteiger charge is 2.14. The van der Waals surface area contributed by atoms with Crippen molar-refractivity contribution in [1.82, 2.24) is 20.2 Å². The van der Waals surface area contributed by atoms with Crippen LogP contribution >= 0.6 is 0 Å². The monoisotopic (exact) mass is 262 g/mol. The molecule has 0 spiro atoms. The molecular weight excluding hydrogens is 252 g/mol. The van der Waals surface area contributed by atoms with E-state index in [0.717, 1.165) is 10.4 Å². The third-order valence-corrected chi connectivity index (χ3v) is 2.57. The van der Waals surface area contributed by atoms with Gasteiger partial charge >= 0.3 is 5.97 Å². The van der Waals surface area contributed by atoms with Crippen molar-refractivity contribution >= 4 is 5.97 Å². The molecule has 19 heavy (non-hydrogen) atoms. The summed E-state index contributed by atoms with van der Waals surface area (Å²) < 4.78 is 10.5. The van der Waals surface area contributed by atoms with Crippen LogP contribution in [-0.2, 0) is 17.8 Å². The maximum absolute atomic E-state index is 10.5. The Hall–Kier alpha value is -2.64. The van der Waals surface area contributed by atoms with Crippen LogP contribution in [0.25, 0.3) is 0 Å². The number of aromatic nitrogens is 4. The van der Waals surface area contributed by atoms with Crippen LogP contribution in [0.15, 0.2) is 18.2 Å². The molecule has 3 rings (SSSR count). The zero-order valence-electron chi connectivity index (χ0n) is 9.81. The molecule has 0 aliphatic carbocycles. The van der Waals surface area contributed by atoms with Gasteiger partial charge in [0.15, 0.2) is 23.9 Å². The summed E-state index contributed by atoms with van der Waals surface area (Å²) in [6, 6.07) is 5.55. The van der Waals surface area contributed by atoms with Gasteiger partial charge in [0.2, 0.25) is 6.79 Å². The van der Waals surface area contributed by atoms with E-state index >= 15 is 0 Å². The highest BCUT2D eigenvalue weighted by atomic mass is 16.7. The van der Waals surface area contributed by atoms with Crippen molar-refractivity contribution < 1.29 is 19.4 Å². The Labute approximate surface area is 107 Å². The summed E-state index contributed by atoms with van der Waals surface area (Å²) in [6.07, 6.45) is 0.455. The number of carboxylic acid groups (broad SMARTS) is 1. The normalized spacial score (nSPS) is 12.6. The van der Waals surface area contributed by atoms with E-state index in [9.17, 15) is 4.79 Å². The first-order valence-corrected chi connectivity index (χ1v) is 5.58. The van der Waals surface area contributed by atoms with Gasteiger partial charge in [-0.25, -0.2) is 0 Å². The lowest BCUT2D eigenvalue weighted by molar-refractivity contribution is -0.138. The number of carboxylic acids is 1. The van der Waals surface area contributed by atoms with Gasteiger partial charge in [0, 0.05) is 6.42 Å². The molecule has 1 aromatic carbocycles. The molecular formula is C11H10N4O4. The van der Waals surface area contributed by atoms with E-state index in [-0.39, 0.29) is 13.3 Å².